The Hall–Kier alpha value is -2.97. The molecule has 1 fully saturated rings. The first kappa shape index (κ1) is 21.9. The molecule has 33 heavy (non-hydrogen) atoms. The number of ether oxygens (including phenoxy) is 1. The van der Waals surface area contributed by atoms with Gasteiger partial charge in [-0.3, -0.25) is 9.78 Å². The summed E-state index contributed by atoms with van der Waals surface area (Å²) in [6.07, 6.45) is 8.88. The fraction of sp³-hybridized carbons (Fsp3) is 0.375. The molecule has 172 valence electrons. The number of H-pyrrole nitrogens is 1. The van der Waals surface area contributed by atoms with Gasteiger partial charge in [-0.05, 0) is 43.9 Å². The number of hydrogen-bond acceptors (Lipinski definition) is 5. The Morgan fingerprint density at radius 2 is 2.00 bits per heavy atom. The summed E-state index contributed by atoms with van der Waals surface area (Å²) in [4.78, 5) is 4.52. The number of fused-ring (bicyclic) bond motifs is 1. The molecule has 0 bridgehead atoms. The molecule has 0 unspecified atom stereocenters. The van der Waals surface area contributed by atoms with E-state index in [-0.39, 0.29) is 17.0 Å². The molecule has 2 N–H and O–H groups in total. The van der Waals surface area contributed by atoms with Crippen LogP contribution in [0.25, 0.3) is 22.2 Å². The van der Waals surface area contributed by atoms with Gasteiger partial charge in [0, 0.05) is 40.4 Å². The van der Waals surface area contributed by atoms with Crippen LogP contribution >= 0.6 is 11.6 Å². The second kappa shape index (κ2) is 8.76. The van der Waals surface area contributed by atoms with E-state index in [1.165, 1.54) is 13.2 Å². The summed E-state index contributed by atoms with van der Waals surface area (Å²) in [6.45, 7) is 1.93. The second-order valence-corrected chi connectivity index (χ2v) is 8.98. The summed E-state index contributed by atoms with van der Waals surface area (Å²) >= 11 is 6.32. The molecule has 0 aliphatic heterocycles. The monoisotopic (exact) mass is 469 g/mol. The van der Waals surface area contributed by atoms with E-state index >= 15 is 0 Å². The van der Waals surface area contributed by atoms with Crippen molar-refractivity contribution in [3.8, 4) is 16.9 Å². The van der Waals surface area contributed by atoms with E-state index in [2.05, 4.69) is 20.3 Å². The van der Waals surface area contributed by atoms with Crippen LogP contribution in [-0.2, 0) is 0 Å². The molecule has 4 aromatic rings. The lowest BCUT2D eigenvalue weighted by Crippen LogP contribution is -2.21. The molecule has 0 amide bonds. The van der Waals surface area contributed by atoms with Gasteiger partial charge in [-0.2, -0.15) is 10.2 Å². The number of aliphatic hydroxyl groups is 1. The van der Waals surface area contributed by atoms with E-state index in [9.17, 15) is 9.50 Å². The first-order chi connectivity index (χ1) is 16.0. The maximum atomic E-state index is 14.2. The standard InChI is InChI=1S/C24H25ClFN5O2/c1-13(21-20(33-2)8-7-19(26)22(21)25)23-18-9-14(10-27-24(18)30-29-23)15-11-28-31(12-15)16-3-5-17(32)6-4-16/h7-13,16-17,32H,3-6H2,1-2H3,(H,27,29,30)/t13-,16?,17?/m0/s1. The summed E-state index contributed by atoms with van der Waals surface area (Å²) in [5, 5.41) is 22.6. The van der Waals surface area contributed by atoms with Crippen molar-refractivity contribution in [1.82, 2.24) is 25.0 Å². The Labute approximate surface area is 195 Å². The van der Waals surface area contributed by atoms with Gasteiger partial charge in [0.2, 0.25) is 0 Å². The highest BCUT2D eigenvalue weighted by Crippen LogP contribution is 2.40. The van der Waals surface area contributed by atoms with Gasteiger partial charge >= 0.3 is 0 Å². The predicted molar refractivity (Wildman–Crippen MR) is 124 cm³/mol. The Bertz CT molecular complexity index is 1300. The largest absolute Gasteiger partial charge is 0.496 e. The topological polar surface area (TPSA) is 88.9 Å². The fourth-order valence-electron chi connectivity index (χ4n) is 4.69. The summed E-state index contributed by atoms with van der Waals surface area (Å²) in [7, 11) is 1.54. The van der Waals surface area contributed by atoms with Crippen molar-refractivity contribution in [2.24, 2.45) is 0 Å². The van der Waals surface area contributed by atoms with Gasteiger partial charge in [-0.1, -0.05) is 18.5 Å². The van der Waals surface area contributed by atoms with E-state index in [1.54, 1.807) is 12.3 Å². The highest BCUT2D eigenvalue weighted by Gasteiger charge is 2.25. The Morgan fingerprint density at radius 1 is 1.21 bits per heavy atom. The summed E-state index contributed by atoms with van der Waals surface area (Å²) in [6, 6.07) is 5.19. The average Bonchev–Trinajstić information content (AvgIpc) is 3.48. The molecule has 3 heterocycles. The van der Waals surface area contributed by atoms with E-state index < -0.39 is 5.82 Å². The third kappa shape index (κ3) is 3.98. The molecule has 3 aromatic heterocycles. The van der Waals surface area contributed by atoms with Gasteiger partial charge < -0.3 is 9.84 Å². The number of pyridine rings is 1. The summed E-state index contributed by atoms with van der Waals surface area (Å²) < 4.78 is 21.7. The number of hydrogen-bond donors (Lipinski definition) is 2. The lowest BCUT2D eigenvalue weighted by molar-refractivity contribution is 0.108. The van der Waals surface area contributed by atoms with Gasteiger partial charge in [-0.15, -0.1) is 0 Å². The van der Waals surface area contributed by atoms with Crippen molar-refractivity contribution in [2.45, 2.75) is 50.7 Å². The second-order valence-electron chi connectivity index (χ2n) is 8.60. The minimum absolute atomic E-state index is 0.0348. The molecule has 1 aliphatic carbocycles. The van der Waals surface area contributed by atoms with Crippen LogP contribution in [0.4, 0.5) is 4.39 Å². The number of nitrogens with zero attached hydrogens (tertiary/aromatic N) is 4. The molecule has 0 saturated heterocycles. The SMILES string of the molecule is COc1ccc(F)c(Cl)c1[C@H](C)c1[nH]nc2ncc(-c3cnn(C4CCC(O)CC4)c3)cc12. The third-order valence-electron chi connectivity index (χ3n) is 6.59. The Kier molecular flexibility index (Phi) is 5.80. The van der Waals surface area contributed by atoms with Crippen LogP contribution in [-0.4, -0.2) is 43.3 Å². The molecular formula is C24H25ClFN5O2. The van der Waals surface area contributed by atoms with Crippen molar-refractivity contribution in [2.75, 3.05) is 7.11 Å². The lowest BCUT2D eigenvalue weighted by atomic mass is 9.93. The Balaban J connectivity index is 1.50. The van der Waals surface area contributed by atoms with Gasteiger partial charge in [0.1, 0.15) is 11.6 Å². The zero-order valence-corrected chi connectivity index (χ0v) is 19.2. The van der Waals surface area contributed by atoms with Gasteiger partial charge in [0.25, 0.3) is 0 Å². The molecule has 1 aliphatic rings. The molecule has 0 spiro atoms. The van der Waals surface area contributed by atoms with Crippen LogP contribution in [0.3, 0.4) is 0 Å². The fourth-order valence-corrected chi connectivity index (χ4v) is 5.01. The minimum atomic E-state index is -0.496. The van der Waals surface area contributed by atoms with E-state index in [1.807, 2.05) is 30.1 Å². The quantitative estimate of drug-likeness (QED) is 0.416. The van der Waals surface area contributed by atoms with Crippen LogP contribution in [0.1, 0.15) is 55.8 Å². The predicted octanol–water partition coefficient (Wildman–Crippen LogP) is 5.25. The zero-order chi connectivity index (χ0) is 23.1. The number of aliphatic hydroxyl groups excluding tert-OH is 1. The minimum Gasteiger partial charge on any atom is -0.496 e. The van der Waals surface area contributed by atoms with Crippen molar-refractivity contribution in [3.05, 3.63) is 58.9 Å². The van der Waals surface area contributed by atoms with Crippen LogP contribution in [0, 0.1) is 5.82 Å². The Morgan fingerprint density at radius 3 is 2.76 bits per heavy atom. The number of nitrogens with one attached hydrogen (secondary N) is 1. The van der Waals surface area contributed by atoms with Gasteiger partial charge in [0.15, 0.2) is 5.65 Å². The molecule has 1 saturated carbocycles. The highest BCUT2D eigenvalue weighted by atomic mass is 35.5. The van der Waals surface area contributed by atoms with Crippen molar-refractivity contribution < 1.29 is 14.2 Å². The first-order valence-corrected chi connectivity index (χ1v) is 11.4. The highest BCUT2D eigenvalue weighted by molar-refractivity contribution is 6.31. The van der Waals surface area contributed by atoms with Gasteiger partial charge in [-0.25, -0.2) is 9.37 Å². The zero-order valence-electron chi connectivity index (χ0n) is 18.4. The number of halogens is 2. The molecule has 7 nitrogen and oxygen atoms in total. The molecular weight excluding hydrogens is 445 g/mol. The van der Waals surface area contributed by atoms with Gasteiger partial charge in [0.05, 0.1) is 36.2 Å². The maximum absolute atomic E-state index is 14.2. The lowest BCUT2D eigenvalue weighted by Gasteiger charge is -2.25. The molecule has 1 aromatic carbocycles. The number of aromatic nitrogens is 5. The number of aromatic amines is 1. The number of methoxy groups -OCH3 is 1. The molecule has 1 atom stereocenters. The van der Waals surface area contributed by atoms with Crippen LogP contribution in [0.2, 0.25) is 5.02 Å². The molecule has 0 radical (unpaired) electrons. The van der Waals surface area contributed by atoms with Crippen molar-refractivity contribution >= 4 is 22.6 Å². The van der Waals surface area contributed by atoms with Crippen molar-refractivity contribution in [1.29, 1.82) is 0 Å². The van der Waals surface area contributed by atoms with E-state index in [4.69, 9.17) is 16.3 Å². The van der Waals surface area contributed by atoms with Crippen LogP contribution in [0.15, 0.2) is 36.8 Å². The van der Waals surface area contributed by atoms with E-state index in [0.29, 0.717) is 23.0 Å². The number of rotatable bonds is 5. The van der Waals surface area contributed by atoms with Crippen LogP contribution < -0.4 is 4.74 Å². The smallest absolute Gasteiger partial charge is 0.181 e. The average molecular weight is 470 g/mol. The first-order valence-electron chi connectivity index (χ1n) is 11.0. The molecule has 5 rings (SSSR count). The maximum Gasteiger partial charge on any atom is 0.181 e. The van der Waals surface area contributed by atoms with Crippen LogP contribution in [0.5, 0.6) is 5.75 Å². The third-order valence-corrected chi connectivity index (χ3v) is 6.98. The number of benzene rings is 1. The van der Waals surface area contributed by atoms with E-state index in [0.717, 1.165) is 47.9 Å². The van der Waals surface area contributed by atoms with Crippen molar-refractivity contribution in [3.63, 3.8) is 0 Å². The normalized spacial score (nSPS) is 19.7. The summed E-state index contributed by atoms with van der Waals surface area (Å²) in [5.41, 5.74) is 3.77. The molecule has 9 heteroatoms. The summed E-state index contributed by atoms with van der Waals surface area (Å²) in [5.74, 6) is -0.286.